The number of pyridine rings is 1. The monoisotopic (exact) mass is 365 g/mol. The third kappa shape index (κ3) is 3.59. The van der Waals surface area contributed by atoms with Gasteiger partial charge in [-0.1, -0.05) is 0 Å². The number of amides is 1. The van der Waals surface area contributed by atoms with Crippen LogP contribution in [0.1, 0.15) is 12.5 Å². The highest BCUT2D eigenvalue weighted by atomic mass is 16.5. The lowest BCUT2D eigenvalue weighted by Gasteiger charge is -2.38. The normalized spacial score (nSPS) is 22.9. The lowest BCUT2D eigenvalue weighted by molar-refractivity contribution is -0.137. The Morgan fingerprint density at radius 2 is 2.26 bits per heavy atom. The van der Waals surface area contributed by atoms with Gasteiger partial charge in [-0.3, -0.25) is 9.78 Å². The van der Waals surface area contributed by atoms with Crippen LogP contribution in [-0.2, 0) is 9.53 Å². The van der Waals surface area contributed by atoms with Crippen LogP contribution in [0.25, 0.3) is 10.9 Å². The van der Waals surface area contributed by atoms with Gasteiger partial charge in [0.2, 0.25) is 0 Å². The molecule has 7 heteroatoms. The molecule has 0 aliphatic carbocycles. The lowest BCUT2D eigenvalue weighted by atomic mass is 10.0. The molecule has 140 valence electrons. The van der Waals surface area contributed by atoms with E-state index in [1.807, 2.05) is 25.1 Å². The highest BCUT2D eigenvalue weighted by Crippen LogP contribution is 2.30. The smallest absolute Gasteiger partial charge is 0.251 e. The van der Waals surface area contributed by atoms with Crippen molar-refractivity contribution in [3.8, 4) is 6.07 Å². The number of nitrogens with one attached hydrogen (secondary N) is 2. The molecule has 2 atom stereocenters. The van der Waals surface area contributed by atoms with Crippen LogP contribution >= 0.6 is 0 Å². The fraction of sp³-hybridized carbons (Fsp3) is 0.450. The van der Waals surface area contributed by atoms with Gasteiger partial charge in [0.25, 0.3) is 5.91 Å². The van der Waals surface area contributed by atoms with Crippen LogP contribution in [0.3, 0.4) is 0 Å². The number of morpholine rings is 1. The van der Waals surface area contributed by atoms with E-state index in [1.54, 1.807) is 12.3 Å². The second-order valence-corrected chi connectivity index (χ2v) is 7.25. The molecule has 0 radical (unpaired) electrons. The van der Waals surface area contributed by atoms with E-state index in [0.29, 0.717) is 36.6 Å². The largest absolute Gasteiger partial charge is 0.365 e. The molecule has 2 unspecified atom stereocenters. The Bertz CT molecular complexity index is 890. The summed E-state index contributed by atoms with van der Waals surface area (Å²) in [6.45, 7) is 5.74. The number of nitrogens with zero attached hydrogens (tertiary/aromatic N) is 3. The molecule has 2 saturated heterocycles. The van der Waals surface area contributed by atoms with E-state index in [9.17, 15) is 10.1 Å². The highest BCUT2D eigenvalue weighted by Gasteiger charge is 2.32. The number of hydrogen-bond donors (Lipinski definition) is 2. The van der Waals surface area contributed by atoms with Gasteiger partial charge >= 0.3 is 0 Å². The van der Waals surface area contributed by atoms with Crippen LogP contribution < -0.4 is 15.5 Å². The summed E-state index contributed by atoms with van der Waals surface area (Å²) in [7, 11) is 0. The molecule has 0 saturated carbocycles. The fourth-order valence-electron chi connectivity index (χ4n) is 3.67. The second-order valence-electron chi connectivity index (χ2n) is 7.25. The average molecular weight is 365 g/mol. The zero-order valence-electron chi connectivity index (χ0n) is 15.3. The van der Waals surface area contributed by atoms with Gasteiger partial charge in [-0.15, -0.1) is 0 Å². The molecule has 2 fully saturated rings. The molecule has 2 aliphatic rings. The van der Waals surface area contributed by atoms with Crippen molar-refractivity contribution < 1.29 is 9.53 Å². The molecule has 3 heterocycles. The number of carbonyl (C=O) groups is 1. The van der Waals surface area contributed by atoms with Crippen molar-refractivity contribution in [1.29, 1.82) is 5.26 Å². The summed E-state index contributed by atoms with van der Waals surface area (Å²) in [4.78, 5) is 19.1. The number of carbonyl (C=O) groups excluding carboxylic acids is 1. The number of hydrogen-bond acceptors (Lipinski definition) is 6. The Kier molecular flexibility index (Phi) is 4.92. The highest BCUT2D eigenvalue weighted by molar-refractivity contribution is 5.95. The number of nitriles is 1. The maximum absolute atomic E-state index is 12.6. The predicted octanol–water partition coefficient (Wildman–Crippen LogP) is 1.04. The van der Waals surface area contributed by atoms with Crippen molar-refractivity contribution in [1.82, 2.24) is 15.6 Å². The third-order valence-corrected chi connectivity index (χ3v) is 5.19. The van der Waals surface area contributed by atoms with E-state index in [-0.39, 0.29) is 12.0 Å². The maximum atomic E-state index is 12.6. The van der Waals surface area contributed by atoms with Gasteiger partial charge < -0.3 is 20.3 Å². The van der Waals surface area contributed by atoms with Crippen molar-refractivity contribution in [3.63, 3.8) is 0 Å². The first-order chi connectivity index (χ1) is 13.2. The zero-order valence-corrected chi connectivity index (χ0v) is 15.3. The van der Waals surface area contributed by atoms with E-state index in [2.05, 4.69) is 26.6 Å². The molecule has 2 aliphatic heterocycles. The van der Waals surface area contributed by atoms with Gasteiger partial charge in [0.05, 0.1) is 23.7 Å². The molecule has 27 heavy (non-hydrogen) atoms. The Hall–Kier alpha value is -2.69. The molecule has 1 aromatic heterocycles. The summed E-state index contributed by atoms with van der Waals surface area (Å²) in [5.41, 5.74) is 2.22. The number of anilines is 1. The molecule has 1 aromatic carbocycles. The van der Waals surface area contributed by atoms with Crippen molar-refractivity contribution in [2.75, 3.05) is 37.6 Å². The van der Waals surface area contributed by atoms with Crippen LogP contribution in [0, 0.1) is 17.2 Å². The summed E-state index contributed by atoms with van der Waals surface area (Å²) in [5.74, 6) is 0.453. The standard InChI is InChI=1S/C20H23N5O2/c1-13-11-25(12-18(27-13)20(26)24-10-14-8-22-9-14)17-5-4-15(7-21)19-16(17)3-2-6-23-19/h2-6,13-14,18,22H,8-12H2,1H3,(H,24,26). The Morgan fingerprint density at radius 1 is 1.41 bits per heavy atom. The van der Waals surface area contributed by atoms with Crippen LogP contribution in [0.2, 0.25) is 0 Å². The number of ether oxygens (including phenoxy) is 1. The SMILES string of the molecule is CC1CN(c2ccc(C#N)c3ncccc23)CC(C(=O)NCC2CNC2)O1. The number of benzene rings is 1. The minimum absolute atomic E-state index is 0.0606. The first-order valence-corrected chi connectivity index (χ1v) is 9.32. The number of aromatic nitrogens is 1. The third-order valence-electron chi connectivity index (χ3n) is 5.19. The summed E-state index contributed by atoms with van der Waals surface area (Å²) in [5, 5.41) is 16.5. The molecular formula is C20H23N5O2. The number of rotatable bonds is 4. The van der Waals surface area contributed by atoms with Gasteiger partial charge in [-0.2, -0.15) is 5.26 Å². The molecule has 7 nitrogen and oxygen atoms in total. The Labute approximate surface area is 158 Å². The van der Waals surface area contributed by atoms with Crippen molar-refractivity contribution in [2.24, 2.45) is 5.92 Å². The predicted molar refractivity (Wildman–Crippen MR) is 102 cm³/mol. The zero-order chi connectivity index (χ0) is 18.8. The first kappa shape index (κ1) is 17.7. The molecular weight excluding hydrogens is 342 g/mol. The minimum Gasteiger partial charge on any atom is -0.365 e. The van der Waals surface area contributed by atoms with Gasteiger partial charge in [-0.25, -0.2) is 0 Å². The first-order valence-electron chi connectivity index (χ1n) is 9.32. The maximum Gasteiger partial charge on any atom is 0.251 e. The quantitative estimate of drug-likeness (QED) is 0.841. The summed E-state index contributed by atoms with van der Waals surface area (Å²) < 4.78 is 5.90. The number of fused-ring (bicyclic) bond motifs is 1. The summed E-state index contributed by atoms with van der Waals surface area (Å²) in [6.07, 6.45) is 1.12. The molecule has 2 N–H and O–H groups in total. The van der Waals surface area contributed by atoms with Gasteiger partial charge in [-0.05, 0) is 31.2 Å². The fourth-order valence-corrected chi connectivity index (χ4v) is 3.67. The van der Waals surface area contributed by atoms with Crippen molar-refractivity contribution >= 4 is 22.5 Å². The molecule has 2 aromatic rings. The van der Waals surface area contributed by atoms with Crippen LogP contribution in [0.5, 0.6) is 0 Å². The van der Waals surface area contributed by atoms with Gasteiger partial charge in [0.1, 0.15) is 6.07 Å². The second kappa shape index (κ2) is 7.51. The van der Waals surface area contributed by atoms with Gasteiger partial charge in [0, 0.05) is 49.4 Å². The Morgan fingerprint density at radius 3 is 3.00 bits per heavy atom. The molecule has 1 amide bonds. The van der Waals surface area contributed by atoms with Crippen LogP contribution in [0.15, 0.2) is 30.5 Å². The summed E-state index contributed by atoms with van der Waals surface area (Å²) in [6, 6.07) is 9.77. The summed E-state index contributed by atoms with van der Waals surface area (Å²) >= 11 is 0. The van der Waals surface area contributed by atoms with Crippen LogP contribution in [0.4, 0.5) is 5.69 Å². The van der Waals surface area contributed by atoms with E-state index in [0.717, 1.165) is 24.2 Å². The Balaban J connectivity index is 1.55. The lowest BCUT2D eigenvalue weighted by Crippen LogP contribution is -2.55. The molecule has 0 bridgehead atoms. The van der Waals surface area contributed by atoms with Crippen molar-refractivity contribution in [2.45, 2.75) is 19.1 Å². The average Bonchev–Trinajstić information content (AvgIpc) is 2.65. The van der Waals surface area contributed by atoms with E-state index < -0.39 is 6.10 Å². The molecule has 4 rings (SSSR count). The van der Waals surface area contributed by atoms with E-state index in [4.69, 9.17) is 4.74 Å². The minimum atomic E-state index is -0.510. The van der Waals surface area contributed by atoms with Crippen molar-refractivity contribution in [3.05, 3.63) is 36.0 Å². The van der Waals surface area contributed by atoms with Gasteiger partial charge in [0.15, 0.2) is 6.10 Å². The van der Waals surface area contributed by atoms with Crippen LogP contribution in [-0.4, -0.2) is 55.8 Å². The molecule has 0 spiro atoms. The van der Waals surface area contributed by atoms with E-state index in [1.165, 1.54) is 0 Å². The topological polar surface area (TPSA) is 90.3 Å². The van der Waals surface area contributed by atoms with E-state index >= 15 is 0 Å².